The van der Waals surface area contributed by atoms with Crippen LogP contribution < -0.4 is 4.90 Å². The second-order valence-electron chi connectivity index (χ2n) is 14.7. The second kappa shape index (κ2) is 16.4. The van der Waals surface area contributed by atoms with Gasteiger partial charge in [-0.1, -0.05) is 37.6 Å². The van der Waals surface area contributed by atoms with Gasteiger partial charge in [0.05, 0.1) is 28.9 Å². The van der Waals surface area contributed by atoms with Gasteiger partial charge >= 0.3 is 23.3 Å². The quantitative estimate of drug-likeness (QED) is 0.0571. The maximum Gasteiger partial charge on any atom is 0.335 e. The summed E-state index contributed by atoms with van der Waals surface area (Å²) < 4.78 is 58.7. The Morgan fingerprint density at radius 2 is 1.59 bits per heavy atom. The monoisotopic (exact) mass is 801 g/mol. The number of carbonyl (C=O) groups is 2. The van der Waals surface area contributed by atoms with Crippen LogP contribution in [-0.2, 0) is 36.5 Å². The number of allylic oxidation sites excluding steroid dienone is 8. The minimum Gasteiger partial charge on any atom is -0.478 e. The molecule has 12 nitrogen and oxygen atoms in total. The highest BCUT2D eigenvalue weighted by Crippen LogP contribution is 2.49. The van der Waals surface area contributed by atoms with Crippen LogP contribution in [-0.4, -0.2) is 79.6 Å². The summed E-state index contributed by atoms with van der Waals surface area (Å²) in [5.74, 6) is -2.38. The Labute approximate surface area is 323 Å². The molecule has 54 heavy (non-hydrogen) atoms. The van der Waals surface area contributed by atoms with Gasteiger partial charge in [-0.15, -0.1) is 0 Å². The fourth-order valence-corrected chi connectivity index (χ4v) is 8.67. The van der Waals surface area contributed by atoms with Crippen LogP contribution in [0.3, 0.4) is 0 Å². The van der Waals surface area contributed by atoms with Crippen molar-refractivity contribution in [2.75, 3.05) is 30.3 Å². The maximum absolute atomic E-state index is 11.8. The van der Waals surface area contributed by atoms with Crippen LogP contribution in [0.1, 0.15) is 98.1 Å². The molecule has 0 fully saturated rings. The average molecular weight is 802 g/mol. The lowest BCUT2D eigenvalue weighted by molar-refractivity contribution is -0.438. The number of unbranched alkanes of at least 4 members (excludes halogenated alkanes) is 2. The van der Waals surface area contributed by atoms with E-state index in [1.165, 1.54) is 0 Å². The van der Waals surface area contributed by atoms with Crippen molar-refractivity contribution in [2.45, 2.75) is 77.0 Å². The molecule has 2 heterocycles. The molecule has 0 amide bonds. The molecule has 1 unspecified atom stereocenters. The van der Waals surface area contributed by atoms with Crippen molar-refractivity contribution < 1.29 is 50.3 Å². The lowest BCUT2D eigenvalue weighted by atomic mass is 9.80. The molecule has 0 spiro atoms. The van der Waals surface area contributed by atoms with Gasteiger partial charge in [-0.2, -0.15) is 17.2 Å². The third-order valence-corrected chi connectivity index (χ3v) is 12.0. The highest BCUT2D eigenvalue weighted by atomic mass is 35.5. The van der Waals surface area contributed by atoms with Crippen LogP contribution in [0.5, 0.6) is 0 Å². The molecule has 15 heteroatoms. The first kappa shape index (κ1) is 41.2. The number of carboxylic acid groups (broad SMARTS) is 2. The number of halogens is 1. The topological polar surface area (TPSA) is 182 Å². The number of hydrogen-bond acceptors (Lipinski definition) is 7. The summed E-state index contributed by atoms with van der Waals surface area (Å²) in [7, 11) is -4.09. The first-order chi connectivity index (χ1) is 25.3. The molecular weight excluding hydrogens is 756 g/mol. The summed E-state index contributed by atoms with van der Waals surface area (Å²) in [5.41, 5.74) is 6.43. The van der Waals surface area contributed by atoms with E-state index in [9.17, 15) is 37.0 Å². The fraction of sp³-hybridized carbons (Fsp3) is 0.410. The molecular formula is C39H46ClN2O10S2+. The Balaban J connectivity index is 1.45. The summed E-state index contributed by atoms with van der Waals surface area (Å²) in [6, 6.07) is 10.1. The zero-order valence-electron chi connectivity index (χ0n) is 30.7. The highest BCUT2D eigenvalue weighted by Gasteiger charge is 2.45. The highest BCUT2D eigenvalue weighted by molar-refractivity contribution is 7.85. The Bertz CT molecular complexity index is 2150. The molecule has 1 atom stereocenters. The van der Waals surface area contributed by atoms with Crippen molar-refractivity contribution >= 4 is 62.1 Å². The van der Waals surface area contributed by atoms with Gasteiger partial charge in [-0.05, 0) is 99.1 Å². The van der Waals surface area contributed by atoms with E-state index in [0.29, 0.717) is 50.2 Å². The molecule has 290 valence electrons. The van der Waals surface area contributed by atoms with E-state index in [2.05, 4.69) is 9.48 Å². The van der Waals surface area contributed by atoms with Gasteiger partial charge in [-0.25, -0.2) is 9.59 Å². The normalized spacial score (nSPS) is 19.7. The van der Waals surface area contributed by atoms with E-state index in [0.717, 1.165) is 45.1 Å². The Kier molecular flexibility index (Phi) is 12.6. The number of anilines is 1. The molecule has 0 radical (unpaired) electrons. The first-order valence-corrected chi connectivity index (χ1v) is 20.7. The molecule has 0 saturated heterocycles. The minimum atomic E-state index is -4.09. The van der Waals surface area contributed by atoms with E-state index in [1.54, 1.807) is 30.3 Å². The SMILES string of the molecule is CC1(C)C(/C=C/C2=C(Cl)C(=C/C=C3/N(CCCCS(=O)(=O)O)c4ccc(C(=O)O)cc4C3(C)C)/CC2)=[N+](CCCCOS(=O)O)c2ccc(C(=O)O)cc21. The Morgan fingerprint density at radius 1 is 0.926 bits per heavy atom. The van der Waals surface area contributed by atoms with Crippen molar-refractivity contribution in [1.29, 1.82) is 0 Å². The summed E-state index contributed by atoms with van der Waals surface area (Å²) >= 11 is 4.70. The molecule has 2 aromatic carbocycles. The van der Waals surface area contributed by atoms with Crippen LogP contribution in [0.4, 0.5) is 11.4 Å². The molecule has 4 N–H and O–H groups in total. The number of rotatable bonds is 16. The molecule has 3 aliphatic rings. The zero-order valence-corrected chi connectivity index (χ0v) is 33.1. The summed E-state index contributed by atoms with van der Waals surface area (Å²) in [4.78, 5) is 25.8. The van der Waals surface area contributed by atoms with E-state index in [-0.39, 0.29) is 29.9 Å². The average Bonchev–Trinajstić information content (AvgIpc) is 3.62. The number of nitrogens with zero attached hydrogens (tertiary/aromatic N) is 2. The minimum absolute atomic E-state index is 0.128. The molecule has 0 bridgehead atoms. The standard InChI is InChI=1S/C39H45ClN2O10S2/c1-38(2)29-23-27(36(43)44)11-15-31(29)41(19-5-7-21-52-53(47)48)33(38)17-13-25-9-10-26(35(25)40)14-18-34-39(3,4)30-24-28(37(45)46)12-16-32(30)42(34)20-6-8-22-54(49,50)51/h11-18,23-24H,5-10,19-22H2,1-4H3,(H3-,43,44,45,46,47,48,49,50,51)/p+1. The first-order valence-electron chi connectivity index (χ1n) is 17.7. The fourth-order valence-electron chi connectivity index (χ4n) is 7.52. The molecule has 5 rings (SSSR count). The van der Waals surface area contributed by atoms with Gasteiger partial charge in [0.15, 0.2) is 5.71 Å². The third kappa shape index (κ3) is 8.96. The molecule has 2 aliphatic heterocycles. The lowest BCUT2D eigenvalue weighted by Gasteiger charge is -2.27. The van der Waals surface area contributed by atoms with Gasteiger partial charge in [0.1, 0.15) is 6.54 Å². The Morgan fingerprint density at radius 3 is 2.24 bits per heavy atom. The molecule has 1 aliphatic carbocycles. The number of aromatic carboxylic acids is 2. The number of benzene rings is 2. The van der Waals surface area contributed by atoms with E-state index >= 15 is 0 Å². The summed E-state index contributed by atoms with van der Waals surface area (Å²) in [6.45, 7) is 9.30. The zero-order chi connectivity index (χ0) is 39.6. The van der Waals surface area contributed by atoms with Gasteiger partial charge in [0, 0.05) is 52.5 Å². The number of fused-ring (bicyclic) bond motifs is 2. The van der Waals surface area contributed by atoms with Crippen LogP contribution in [0.25, 0.3) is 0 Å². The van der Waals surface area contributed by atoms with Gasteiger partial charge in [0.25, 0.3) is 10.1 Å². The predicted molar refractivity (Wildman–Crippen MR) is 209 cm³/mol. The van der Waals surface area contributed by atoms with Crippen molar-refractivity contribution in [3.05, 3.63) is 105 Å². The summed E-state index contributed by atoms with van der Waals surface area (Å²) in [5, 5.41) is 20.0. The van der Waals surface area contributed by atoms with Crippen molar-refractivity contribution in [1.82, 2.24) is 0 Å². The summed E-state index contributed by atoms with van der Waals surface area (Å²) in [6.07, 6.45) is 11.3. The number of carboxylic acids is 2. The largest absolute Gasteiger partial charge is 0.478 e. The predicted octanol–water partition coefficient (Wildman–Crippen LogP) is 7.51. The van der Waals surface area contributed by atoms with E-state index in [4.69, 9.17) is 20.3 Å². The van der Waals surface area contributed by atoms with Crippen LogP contribution in [0.2, 0.25) is 0 Å². The van der Waals surface area contributed by atoms with Crippen LogP contribution in [0.15, 0.2) is 82.6 Å². The van der Waals surface area contributed by atoms with E-state index in [1.807, 2.05) is 58.1 Å². The number of hydrogen-bond donors (Lipinski definition) is 4. The van der Waals surface area contributed by atoms with Crippen LogP contribution in [0, 0.1) is 0 Å². The molecule has 2 aromatic rings. The van der Waals surface area contributed by atoms with Crippen molar-refractivity contribution in [2.24, 2.45) is 0 Å². The lowest BCUT2D eigenvalue weighted by Crippen LogP contribution is -2.28. The molecule has 0 aromatic heterocycles. The Hall–Kier alpha value is -3.92. The third-order valence-electron chi connectivity index (χ3n) is 10.4. The van der Waals surface area contributed by atoms with E-state index < -0.39 is 44.2 Å². The van der Waals surface area contributed by atoms with Crippen molar-refractivity contribution in [3.8, 4) is 0 Å². The second-order valence-corrected chi connectivity index (χ2v) is 17.3. The maximum atomic E-state index is 11.8. The molecule has 0 saturated carbocycles. The van der Waals surface area contributed by atoms with Gasteiger partial charge in [0.2, 0.25) is 5.69 Å². The van der Waals surface area contributed by atoms with Crippen LogP contribution >= 0.6 is 11.6 Å². The smallest absolute Gasteiger partial charge is 0.335 e. The van der Waals surface area contributed by atoms with Gasteiger partial charge in [-0.3, -0.25) is 13.3 Å². The van der Waals surface area contributed by atoms with Crippen molar-refractivity contribution in [3.63, 3.8) is 0 Å². The van der Waals surface area contributed by atoms with Gasteiger partial charge < -0.3 is 15.1 Å².